The van der Waals surface area contributed by atoms with Crippen LogP contribution in [0.15, 0.2) is 22.7 Å². The van der Waals surface area contributed by atoms with Gasteiger partial charge in [-0.1, -0.05) is 33.6 Å². The molecule has 1 aliphatic carbocycles. The van der Waals surface area contributed by atoms with Crippen molar-refractivity contribution in [2.75, 3.05) is 13.7 Å². The van der Waals surface area contributed by atoms with Gasteiger partial charge in [0.05, 0.1) is 7.11 Å². The molecule has 98 valence electrons. The van der Waals surface area contributed by atoms with E-state index in [-0.39, 0.29) is 5.97 Å². The molecular weight excluding hydrogens is 318 g/mol. The lowest BCUT2D eigenvalue weighted by molar-refractivity contribution is -0.143. The molecule has 0 saturated heterocycles. The summed E-state index contributed by atoms with van der Waals surface area (Å²) in [5.74, 6) is 0.418. The summed E-state index contributed by atoms with van der Waals surface area (Å²) in [5.41, 5.74) is 0.854. The Morgan fingerprint density at radius 3 is 2.89 bits per heavy atom. The number of esters is 1. The molecular formula is C13H15BrClNO2. The van der Waals surface area contributed by atoms with Crippen LogP contribution in [0.25, 0.3) is 0 Å². The minimum atomic E-state index is -0.442. The van der Waals surface area contributed by atoms with Crippen LogP contribution in [0.3, 0.4) is 0 Å². The van der Waals surface area contributed by atoms with E-state index >= 15 is 0 Å². The molecule has 5 heteroatoms. The van der Waals surface area contributed by atoms with E-state index < -0.39 is 6.04 Å². The van der Waals surface area contributed by atoms with Gasteiger partial charge in [0.1, 0.15) is 6.04 Å². The first kappa shape index (κ1) is 13.8. The van der Waals surface area contributed by atoms with E-state index in [9.17, 15) is 4.79 Å². The summed E-state index contributed by atoms with van der Waals surface area (Å²) in [4.78, 5) is 11.8. The molecule has 0 spiro atoms. The second kappa shape index (κ2) is 6.04. The number of benzene rings is 1. The highest BCUT2D eigenvalue weighted by Gasteiger charge is 2.27. The third kappa shape index (κ3) is 3.46. The first-order valence-corrected chi connectivity index (χ1v) is 7.05. The van der Waals surface area contributed by atoms with E-state index in [0.29, 0.717) is 10.9 Å². The maximum absolute atomic E-state index is 11.8. The van der Waals surface area contributed by atoms with Gasteiger partial charge in [0.2, 0.25) is 0 Å². The molecule has 0 aliphatic heterocycles. The number of halogens is 2. The monoisotopic (exact) mass is 331 g/mol. The molecule has 0 aromatic heterocycles. The highest BCUT2D eigenvalue weighted by Crippen LogP contribution is 2.31. The van der Waals surface area contributed by atoms with Gasteiger partial charge < -0.3 is 10.1 Å². The van der Waals surface area contributed by atoms with Crippen molar-refractivity contribution in [3.63, 3.8) is 0 Å². The number of nitrogens with one attached hydrogen (secondary N) is 1. The van der Waals surface area contributed by atoms with Gasteiger partial charge in [-0.2, -0.15) is 0 Å². The first-order valence-electron chi connectivity index (χ1n) is 5.88. The summed E-state index contributed by atoms with van der Waals surface area (Å²) in [6.07, 6.45) is 2.48. The predicted octanol–water partition coefficient (Wildman–Crippen LogP) is 3.32. The molecule has 1 unspecified atom stereocenters. The number of carbonyl (C=O) groups is 1. The Morgan fingerprint density at radius 1 is 1.61 bits per heavy atom. The summed E-state index contributed by atoms with van der Waals surface area (Å²) >= 11 is 9.34. The SMILES string of the molecule is COC(=O)C(NCC1CC1)c1ccc(Cl)cc1Br. The summed E-state index contributed by atoms with van der Waals surface area (Å²) in [6, 6.07) is 4.96. The Labute approximate surface area is 120 Å². The van der Waals surface area contributed by atoms with Crippen LogP contribution in [0, 0.1) is 5.92 Å². The average molecular weight is 333 g/mol. The summed E-state index contributed by atoms with van der Waals surface area (Å²) in [6.45, 7) is 0.842. The van der Waals surface area contributed by atoms with Gasteiger partial charge >= 0.3 is 5.97 Å². The standard InChI is InChI=1S/C13H15BrClNO2/c1-18-13(17)12(16-7-8-2-3-8)10-5-4-9(15)6-11(10)14/h4-6,8,12,16H,2-3,7H2,1H3. The van der Waals surface area contributed by atoms with Gasteiger partial charge in [-0.25, -0.2) is 4.79 Å². The zero-order chi connectivity index (χ0) is 13.1. The van der Waals surface area contributed by atoms with Crippen LogP contribution in [0.2, 0.25) is 5.02 Å². The van der Waals surface area contributed by atoms with E-state index in [1.165, 1.54) is 20.0 Å². The maximum Gasteiger partial charge on any atom is 0.327 e. The molecule has 1 saturated carbocycles. The molecule has 1 fully saturated rings. The van der Waals surface area contributed by atoms with Gasteiger partial charge in [-0.15, -0.1) is 0 Å². The van der Waals surface area contributed by atoms with Crippen molar-refractivity contribution in [1.82, 2.24) is 5.32 Å². The van der Waals surface area contributed by atoms with Crippen LogP contribution >= 0.6 is 27.5 Å². The van der Waals surface area contributed by atoms with E-state index in [0.717, 1.165) is 16.6 Å². The van der Waals surface area contributed by atoms with Gasteiger partial charge in [-0.3, -0.25) is 0 Å². The van der Waals surface area contributed by atoms with Crippen molar-refractivity contribution in [3.05, 3.63) is 33.3 Å². The smallest absolute Gasteiger partial charge is 0.327 e. The molecule has 1 aromatic rings. The van der Waals surface area contributed by atoms with Crippen molar-refractivity contribution >= 4 is 33.5 Å². The zero-order valence-electron chi connectivity index (χ0n) is 10.1. The van der Waals surface area contributed by atoms with Gasteiger partial charge in [0, 0.05) is 9.50 Å². The highest BCUT2D eigenvalue weighted by atomic mass is 79.9. The van der Waals surface area contributed by atoms with Crippen LogP contribution in [-0.4, -0.2) is 19.6 Å². The quantitative estimate of drug-likeness (QED) is 0.841. The third-order valence-corrected chi connectivity index (χ3v) is 3.94. The predicted molar refractivity (Wildman–Crippen MR) is 74.6 cm³/mol. The van der Waals surface area contributed by atoms with Gasteiger partial charge in [0.25, 0.3) is 0 Å². The van der Waals surface area contributed by atoms with Crippen molar-refractivity contribution in [2.24, 2.45) is 5.92 Å². The largest absolute Gasteiger partial charge is 0.468 e. The fourth-order valence-electron chi connectivity index (χ4n) is 1.78. The number of hydrogen-bond acceptors (Lipinski definition) is 3. The first-order chi connectivity index (χ1) is 8.61. The number of ether oxygens (including phenoxy) is 1. The number of methoxy groups -OCH3 is 1. The van der Waals surface area contributed by atoms with Crippen molar-refractivity contribution in [3.8, 4) is 0 Å². The molecule has 1 aromatic carbocycles. The van der Waals surface area contributed by atoms with Crippen LogP contribution < -0.4 is 5.32 Å². The second-order valence-corrected chi connectivity index (χ2v) is 5.76. The molecule has 0 radical (unpaired) electrons. The summed E-state index contributed by atoms with van der Waals surface area (Å²) in [5, 5.41) is 3.90. The molecule has 1 atom stereocenters. The molecule has 0 heterocycles. The van der Waals surface area contributed by atoms with Gasteiger partial charge in [-0.05, 0) is 43.0 Å². The Morgan fingerprint density at radius 2 is 2.33 bits per heavy atom. The number of hydrogen-bond donors (Lipinski definition) is 1. The third-order valence-electron chi connectivity index (χ3n) is 3.02. The Hall–Kier alpha value is -0.580. The minimum Gasteiger partial charge on any atom is -0.468 e. The molecule has 1 aliphatic rings. The summed E-state index contributed by atoms with van der Waals surface area (Å²) in [7, 11) is 1.40. The second-order valence-electron chi connectivity index (χ2n) is 4.47. The van der Waals surface area contributed by atoms with Crippen molar-refractivity contribution in [2.45, 2.75) is 18.9 Å². The normalized spacial score (nSPS) is 16.4. The number of carbonyl (C=O) groups excluding carboxylic acids is 1. The maximum atomic E-state index is 11.8. The fourth-order valence-corrected chi connectivity index (χ4v) is 2.69. The van der Waals surface area contributed by atoms with Gasteiger partial charge in [0.15, 0.2) is 0 Å². The summed E-state index contributed by atoms with van der Waals surface area (Å²) < 4.78 is 5.66. The minimum absolute atomic E-state index is 0.279. The molecule has 0 amide bonds. The van der Waals surface area contributed by atoms with E-state index in [4.69, 9.17) is 16.3 Å². The molecule has 0 bridgehead atoms. The lowest BCUT2D eigenvalue weighted by Crippen LogP contribution is -2.31. The van der Waals surface area contributed by atoms with Crippen LogP contribution in [0.1, 0.15) is 24.4 Å². The molecule has 3 nitrogen and oxygen atoms in total. The molecule has 2 rings (SSSR count). The van der Waals surface area contributed by atoms with Crippen LogP contribution in [0.5, 0.6) is 0 Å². The van der Waals surface area contributed by atoms with Crippen molar-refractivity contribution in [1.29, 1.82) is 0 Å². The van der Waals surface area contributed by atoms with E-state index in [1.54, 1.807) is 12.1 Å². The lowest BCUT2D eigenvalue weighted by Gasteiger charge is -2.18. The Bertz CT molecular complexity index is 449. The fraction of sp³-hybridized carbons (Fsp3) is 0.462. The van der Waals surface area contributed by atoms with E-state index in [2.05, 4.69) is 21.2 Å². The Kier molecular flexibility index (Phi) is 4.65. The zero-order valence-corrected chi connectivity index (χ0v) is 12.4. The number of rotatable bonds is 5. The Balaban J connectivity index is 2.17. The topological polar surface area (TPSA) is 38.3 Å². The molecule has 18 heavy (non-hydrogen) atoms. The van der Waals surface area contributed by atoms with Crippen LogP contribution in [-0.2, 0) is 9.53 Å². The van der Waals surface area contributed by atoms with Crippen LogP contribution in [0.4, 0.5) is 0 Å². The van der Waals surface area contributed by atoms with Crippen molar-refractivity contribution < 1.29 is 9.53 Å². The average Bonchev–Trinajstić information content (AvgIpc) is 3.15. The molecule has 1 N–H and O–H groups in total. The highest BCUT2D eigenvalue weighted by molar-refractivity contribution is 9.10. The van der Waals surface area contributed by atoms with E-state index in [1.807, 2.05) is 6.07 Å². The lowest BCUT2D eigenvalue weighted by atomic mass is 10.1.